The number of carbonyl (C=O) groups is 2. The van der Waals surface area contributed by atoms with Crippen molar-refractivity contribution in [3.63, 3.8) is 0 Å². The van der Waals surface area contributed by atoms with Gasteiger partial charge in [-0.15, -0.1) is 11.6 Å². The van der Waals surface area contributed by atoms with Crippen LogP contribution in [0.5, 0.6) is 0 Å². The van der Waals surface area contributed by atoms with E-state index < -0.39 is 0 Å². The van der Waals surface area contributed by atoms with E-state index in [-0.39, 0.29) is 18.4 Å². The van der Waals surface area contributed by atoms with E-state index in [1.54, 1.807) is 0 Å². The predicted octanol–water partition coefficient (Wildman–Crippen LogP) is 1.83. The van der Waals surface area contributed by atoms with Gasteiger partial charge in [0.05, 0.1) is 92.4 Å². The van der Waals surface area contributed by atoms with E-state index in [9.17, 15) is 9.59 Å². The summed E-state index contributed by atoms with van der Waals surface area (Å²) in [5.41, 5.74) is 0. The minimum absolute atomic E-state index is 0.249. The SMILES string of the molecule is O=C1C=CC(=O)N1CCOCCOCCOCCOCCOCCOCCOCCCCCCCl. The molecule has 0 unspecified atom stereocenters. The molecule has 0 spiro atoms. The van der Waals surface area contributed by atoms with Crippen molar-refractivity contribution in [2.75, 3.05) is 105 Å². The van der Waals surface area contributed by atoms with Gasteiger partial charge in [0, 0.05) is 24.6 Å². The molecule has 0 aliphatic carbocycles. The molecule has 1 heterocycles. The molecular weight excluding hydrogens is 482 g/mol. The van der Waals surface area contributed by atoms with Crippen LogP contribution in [0.3, 0.4) is 0 Å². The average molecular weight is 524 g/mol. The van der Waals surface area contributed by atoms with Crippen LogP contribution in [0.4, 0.5) is 0 Å². The number of amides is 2. The number of imide groups is 1. The summed E-state index contributed by atoms with van der Waals surface area (Å²) < 4.78 is 38.0. The number of hydrogen-bond acceptors (Lipinski definition) is 9. The molecule has 0 aromatic heterocycles. The first-order chi connectivity index (χ1) is 17.3. The number of unbranched alkanes of at least 4 members (excludes halogenated alkanes) is 3. The molecule has 204 valence electrons. The minimum Gasteiger partial charge on any atom is -0.379 e. The lowest BCUT2D eigenvalue weighted by molar-refractivity contribution is -0.137. The van der Waals surface area contributed by atoms with Crippen LogP contribution >= 0.6 is 11.6 Å². The minimum atomic E-state index is -0.300. The van der Waals surface area contributed by atoms with Crippen LogP contribution in [-0.4, -0.2) is 122 Å². The second-order valence-electron chi connectivity index (χ2n) is 7.55. The van der Waals surface area contributed by atoms with E-state index in [1.807, 2.05) is 0 Å². The van der Waals surface area contributed by atoms with Crippen molar-refractivity contribution in [1.29, 1.82) is 0 Å². The Morgan fingerprint density at radius 1 is 0.486 bits per heavy atom. The smallest absolute Gasteiger partial charge is 0.253 e. The quantitative estimate of drug-likeness (QED) is 0.0906. The molecule has 0 N–H and O–H groups in total. The largest absolute Gasteiger partial charge is 0.379 e. The highest BCUT2D eigenvalue weighted by Crippen LogP contribution is 2.02. The normalized spacial score (nSPS) is 13.5. The third-order valence-electron chi connectivity index (χ3n) is 4.76. The zero-order valence-corrected chi connectivity index (χ0v) is 21.6. The van der Waals surface area contributed by atoms with Gasteiger partial charge in [-0.3, -0.25) is 14.5 Å². The summed E-state index contributed by atoms with van der Waals surface area (Å²) in [5.74, 6) is 0.140. The fourth-order valence-electron chi connectivity index (χ4n) is 2.88. The first kappa shape index (κ1) is 31.9. The molecule has 0 atom stereocenters. The molecule has 1 rings (SSSR count). The second-order valence-corrected chi connectivity index (χ2v) is 7.93. The maximum Gasteiger partial charge on any atom is 0.253 e. The van der Waals surface area contributed by atoms with Crippen molar-refractivity contribution < 1.29 is 42.7 Å². The second kappa shape index (κ2) is 24.6. The molecule has 11 heteroatoms. The highest BCUT2D eigenvalue weighted by atomic mass is 35.5. The summed E-state index contributed by atoms with van der Waals surface area (Å²) >= 11 is 5.63. The lowest BCUT2D eigenvalue weighted by Gasteiger charge is -2.13. The van der Waals surface area contributed by atoms with Gasteiger partial charge in [0.2, 0.25) is 0 Å². The molecule has 10 nitrogen and oxygen atoms in total. The molecule has 0 aromatic rings. The van der Waals surface area contributed by atoms with Crippen molar-refractivity contribution >= 4 is 23.4 Å². The van der Waals surface area contributed by atoms with E-state index in [1.165, 1.54) is 18.6 Å². The Labute approximate surface area is 214 Å². The Balaban J connectivity index is 1.65. The highest BCUT2D eigenvalue weighted by molar-refractivity contribution is 6.17. The third-order valence-corrected chi connectivity index (χ3v) is 5.03. The van der Waals surface area contributed by atoms with Gasteiger partial charge in [-0.05, 0) is 12.8 Å². The lowest BCUT2D eigenvalue weighted by Crippen LogP contribution is -2.33. The van der Waals surface area contributed by atoms with Crippen LogP contribution in [0.2, 0.25) is 0 Å². The van der Waals surface area contributed by atoms with Gasteiger partial charge < -0.3 is 33.2 Å². The van der Waals surface area contributed by atoms with Crippen molar-refractivity contribution in [1.82, 2.24) is 4.90 Å². The maximum absolute atomic E-state index is 11.4. The van der Waals surface area contributed by atoms with Gasteiger partial charge in [-0.25, -0.2) is 0 Å². The maximum atomic E-state index is 11.4. The molecule has 0 saturated heterocycles. The zero-order valence-electron chi connectivity index (χ0n) is 20.8. The van der Waals surface area contributed by atoms with Crippen LogP contribution in [0, 0.1) is 0 Å². The number of halogens is 1. The summed E-state index contributed by atoms with van der Waals surface area (Å²) in [6.45, 7) is 7.33. The average Bonchev–Trinajstić information content (AvgIpc) is 3.18. The fourth-order valence-corrected chi connectivity index (χ4v) is 3.07. The number of hydrogen-bond donors (Lipinski definition) is 0. The van der Waals surface area contributed by atoms with Crippen LogP contribution in [0.1, 0.15) is 25.7 Å². The lowest BCUT2D eigenvalue weighted by atomic mass is 10.2. The molecule has 0 saturated carbocycles. The van der Waals surface area contributed by atoms with Crippen LogP contribution < -0.4 is 0 Å². The van der Waals surface area contributed by atoms with Crippen LogP contribution in [0.15, 0.2) is 12.2 Å². The number of carbonyl (C=O) groups excluding carboxylic acids is 2. The summed E-state index contributed by atoms with van der Waals surface area (Å²) in [7, 11) is 0. The molecule has 0 aromatic carbocycles. The Hall–Kier alpha value is -1.11. The Morgan fingerprint density at radius 3 is 1.23 bits per heavy atom. The van der Waals surface area contributed by atoms with Gasteiger partial charge in [0.25, 0.3) is 11.8 Å². The molecule has 1 aliphatic heterocycles. The summed E-state index contributed by atoms with van der Waals surface area (Å²) in [4.78, 5) is 23.9. The number of rotatable bonds is 27. The number of alkyl halides is 1. The standard InChI is InChI=1S/C24H42ClNO9/c25-7-3-1-2-4-9-29-11-13-31-15-17-33-19-21-35-22-20-34-18-16-32-14-12-30-10-8-26-23(27)5-6-24(26)28/h5-6H,1-4,7-22H2. The van der Waals surface area contributed by atoms with Gasteiger partial charge in [0.1, 0.15) is 0 Å². The Bertz CT molecular complexity index is 533. The summed E-state index contributed by atoms with van der Waals surface area (Å²) in [5, 5.41) is 0. The van der Waals surface area contributed by atoms with Crippen molar-refractivity contribution in [2.24, 2.45) is 0 Å². The first-order valence-electron chi connectivity index (χ1n) is 12.4. The molecule has 0 fully saturated rings. The monoisotopic (exact) mass is 523 g/mol. The van der Waals surface area contributed by atoms with E-state index in [4.69, 9.17) is 44.8 Å². The van der Waals surface area contributed by atoms with Crippen molar-refractivity contribution in [3.8, 4) is 0 Å². The van der Waals surface area contributed by atoms with Gasteiger partial charge in [-0.2, -0.15) is 0 Å². The van der Waals surface area contributed by atoms with Gasteiger partial charge >= 0.3 is 0 Å². The zero-order chi connectivity index (χ0) is 25.2. The van der Waals surface area contributed by atoms with Crippen LogP contribution in [-0.2, 0) is 42.7 Å². The predicted molar refractivity (Wildman–Crippen MR) is 131 cm³/mol. The van der Waals surface area contributed by atoms with E-state index in [0.29, 0.717) is 85.9 Å². The van der Waals surface area contributed by atoms with E-state index in [2.05, 4.69) is 0 Å². The first-order valence-corrected chi connectivity index (χ1v) is 12.9. The van der Waals surface area contributed by atoms with Crippen LogP contribution in [0.25, 0.3) is 0 Å². The van der Waals surface area contributed by atoms with E-state index >= 15 is 0 Å². The Morgan fingerprint density at radius 2 is 0.829 bits per heavy atom. The fraction of sp³-hybridized carbons (Fsp3) is 0.833. The molecule has 35 heavy (non-hydrogen) atoms. The molecule has 0 bridgehead atoms. The number of nitrogens with zero attached hydrogens (tertiary/aromatic N) is 1. The molecular formula is C24H42ClNO9. The van der Waals surface area contributed by atoms with Crippen molar-refractivity contribution in [3.05, 3.63) is 12.2 Å². The molecule has 2 amide bonds. The van der Waals surface area contributed by atoms with E-state index in [0.717, 1.165) is 36.6 Å². The van der Waals surface area contributed by atoms with Gasteiger partial charge in [0.15, 0.2) is 0 Å². The third kappa shape index (κ3) is 19.7. The topological polar surface area (TPSA) is 102 Å². The molecule has 1 aliphatic rings. The molecule has 0 radical (unpaired) electrons. The summed E-state index contributed by atoms with van der Waals surface area (Å²) in [6, 6.07) is 0. The van der Waals surface area contributed by atoms with Gasteiger partial charge in [-0.1, -0.05) is 12.8 Å². The summed E-state index contributed by atoms with van der Waals surface area (Å²) in [6.07, 6.45) is 7.00. The number of ether oxygens (including phenoxy) is 7. The Kier molecular flexibility index (Phi) is 22.4. The van der Waals surface area contributed by atoms with Crippen molar-refractivity contribution in [2.45, 2.75) is 25.7 Å². The highest BCUT2D eigenvalue weighted by Gasteiger charge is 2.22.